The summed E-state index contributed by atoms with van der Waals surface area (Å²) >= 11 is 3.10. The van der Waals surface area contributed by atoms with E-state index in [2.05, 4.69) is 20.3 Å². The molecule has 0 atom stereocenters. The zero-order chi connectivity index (χ0) is 17.4. The number of ketones is 1. The fourth-order valence-corrected chi connectivity index (χ4v) is 3.43. The van der Waals surface area contributed by atoms with E-state index in [9.17, 15) is 23.3 Å². The minimum absolute atomic E-state index is 0.142. The monoisotopic (exact) mass is 398 g/mol. The summed E-state index contributed by atoms with van der Waals surface area (Å²) in [6.45, 7) is 3.14. The van der Waals surface area contributed by atoms with Crippen molar-refractivity contribution < 1.29 is 18.1 Å². The number of allylic oxidation sites excluding steroid dienone is 4. The van der Waals surface area contributed by atoms with Gasteiger partial charge in [0.1, 0.15) is 0 Å². The number of hydrogen-bond acceptors (Lipinski definition) is 5. The summed E-state index contributed by atoms with van der Waals surface area (Å²) in [5.41, 5.74) is 0.600. The quantitative estimate of drug-likeness (QED) is 0.441. The van der Waals surface area contributed by atoms with Gasteiger partial charge >= 0.3 is 0 Å². The maximum absolute atomic E-state index is 12.4. The van der Waals surface area contributed by atoms with Gasteiger partial charge in [-0.25, -0.2) is 0 Å². The van der Waals surface area contributed by atoms with Crippen molar-refractivity contribution in [3.8, 4) is 0 Å². The fraction of sp³-hybridized carbons (Fsp3) is 0.143. The van der Waals surface area contributed by atoms with Gasteiger partial charge in [-0.1, -0.05) is 6.07 Å². The van der Waals surface area contributed by atoms with Crippen LogP contribution in [0.15, 0.2) is 55.3 Å². The van der Waals surface area contributed by atoms with Crippen LogP contribution >= 0.6 is 15.9 Å². The number of carbonyl (C=O) groups is 1. The Bertz CT molecular complexity index is 913. The van der Waals surface area contributed by atoms with Gasteiger partial charge in [0.25, 0.3) is 15.7 Å². The number of benzene rings is 1. The molecule has 0 amide bonds. The van der Waals surface area contributed by atoms with Gasteiger partial charge in [-0.3, -0.25) is 14.9 Å². The summed E-state index contributed by atoms with van der Waals surface area (Å²) in [5.74, 6) is -0.272. The summed E-state index contributed by atoms with van der Waals surface area (Å²) in [6.07, 6.45) is 1.28. The number of hydrogen-bond donors (Lipinski definition) is 0. The molecule has 0 saturated carbocycles. The Hall–Kier alpha value is -2.13. The van der Waals surface area contributed by atoms with Crippen molar-refractivity contribution in [2.75, 3.05) is 0 Å². The normalized spacial score (nSPS) is 17.4. The molecule has 1 aliphatic rings. The maximum Gasteiger partial charge on any atom is 0.283 e. The number of sulfonamides is 1. The van der Waals surface area contributed by atoms with Gasteiger partial charge in [-0.2, -0.15) is 12.8 Å². The standard InChI is InChI=1S/C14H11BrN2O5S/c1-8-6-12(18)13(15)9(2)14(8)16-23(21,22)11-5-3-4-10(7-11)17(19)20/h3-7H,1-2H3/b16-14+. The Labute approximate surface area is 140 Å². The van der Waals surface area contributed by atoms with Crippen LogP contribution < -0.4 is 0 Å². The summed E-state index contributed by atoms with van der Waals surface area (Å²) in [6, 6.07) is 4.64. The second-order valence-corrected chi connectivity index (χ2v) is 7.20. The van der Waals surface area contributed by atoms with Crippen LogP contribution in [0.5, 0.6) is 0 Å². The van der Waals surface area contributed by atoms with Crippen LogP contribution in [-0.2, 0) is 14.8 Å². The molecule has 0 radical (unpaired) electrons. The molecule has 0 fully saturated rings. The molecule has 1 aliphatic carbocycles. The summed E-state index contributed by atoms with van der Waals surface area (Å²) < 4.78 is 28.8. The average Bonchev–Trinajstić information content (AvgIpc) is 2.49. The van der Waals surface area contributed by atoms with E-state index in [1.54, 1.807) is 13.8 Å². The third kappa shape index (κ3) is 3.45. The third-order valence-corrected chi connectivity index (χ3v) is 5.42. The third-order valence-electron chi connectivity index (χ3n) is 3.16. The van der Waals surface area contributed by atoms with E-state index in [1.807, 2.05) is 0 Å². The minimum atomic E-state index is -4.15. The SMILES string of the molecule is CC1=CC(=O)C(Br)=C(C)/C1=N/S(=O)(=O)c1cccc([N+](=O)[O-])c1. The molecular weight excluding hydrogens is 388 g/mol. The Morgan fingerprint density at radius 3 is 2.52 bits per heavy atom. The smallest absolute Gasteiger partial charge is 0.283 e. The molecule has 0 aromatic heterocycles. The second kappa shape index (κ2) is 6.17. The molecule has 120 valence electrons. The average molecular weight is 399 g/mol. The number of carbonyl (C=O) groups excluding carboxylic acids is 1. The first-order chi connectivity index (χ1) is 10.6. The lowest BCUT2D eigenvalue weighted by molar-refractivity contribution is -0.385. The molecule has 1 aromatic carbocycles. The molecule has 0 spiro atoms. The molecule has 0 unspecified atom stereocenters. The highest BCUT2D eigenvalue weighted by Crippen LogP contribution is 2.26. The lowest BCUT2D eigenvalue weighted by Crippen LogP contribution is -2.16. The van der Waals surface area contributed by atoms with E-state index in [4.69, 9.17) is 0 Å². The van der Waals surface area contributed by atoms with Gasteiger partial charge < -0.3 is 0 Å². The fourth-order valence-electron chi connectivity index (χ4n) is 1.98. The Morgan fingerprint density at radius 2 is 1.91 bits per heavy atom. The first-order valence-electron chi connectivity index (χ1n) is 6.32. The van der Waals surface area contributed by atoms with Crippen LogP contribution in [0.1, 0.15) is 13.8 Å². The molecular formula is C14H11BrN2O5S. The Balaban J connectivity index is 2.57. The highest BCUT2D eigenvalue weighted by Gasteiger charge is 2.24. The zero-order valence-electron chi connectivity index (χ0n) is 12.1. The number of halogens is 1. The van der Waals surface area contributed by atoms with E-state index < -0.39 is 14.9 Å². The van der Waals surface area contributed by atoms with E-state index in [0.29, 0.717) is 11.1 Å². The molecule has 7 nitrogen and oxygen atoms in total. The van der Waals surface area contributed by atoms with Crippen LogP contribution in [-0.4, -0.2) is 24.8 Å². The lowest BCUT2D eigenvalue weighted by Gasteiger charge is -2.14. The molecule has 0 saturated heterocycles. The molecule has 0 bridgehead atoms. The number of nitro benzene ring substituents is 1. The van der Waals surface area contributed by atoms with Crippen LogP contribution in [0.4, 0.5) is 5.69 Å². The highest BCUT2D eigenvalue weighted by atomic mass is 79.9. The van der Waals surface area contributed by atoms with Gasteiger partial charge in [-0.05, 0) is 53.1 Å². The van der Waals surface area contributed by atoms with Crippen molar-refractivity contribution in [1.29, 1.82) is 0 Å². The van der Waals surface area contributed by atoms with E-state index in [0.717, 1.165) is 6.07 Å². The van der Waals surface area contributed by atoms with Crippen LogP contribution in [0.2, 0.25) is 0 Å². The van der Waals surface area contributed by atoms with Crippen molar-refractivity contribution >= 4 is 43.1 Å². The van der Waals surface area contributed by atoms with E-state index >= 15 is 0 Å². The molecule has 9 heteroatoms. The summed E-state index contributed by atoms with van der Waals surface area (Å²) in [4.78, 5) is 21.5. The number of nitro groups is 1. The number of nitrogens with zero attached hydrogens (tertiary/aromatic N) is 2. The molecule has 23 heavy (non-hydrogen) atoms. The van der Waals surface area contributed by atoms with E-state index in [1.165, 1.54) is 24.3 Å². The Kier molecular flexibility index (Phi) is 4.62. The van der Waals surface area contributed by atoms with Crippen molar-refractivity contribution in [1.82, 2.24) is 0 Å². The minimum Gasteiger partial charge on any atom is -0.289 e. The molecule has 1 aromatic rings. The van der Waals surface area contributed by atoms with Gasteiger partial charge in [0.15, 0.2) is 5.78 Å². The first kappa shape index (κ1) is 17.2. The van der Waals surface area contributed by atoms with Gasteiger partial charge in [0.05, 0.1) is 20.0 Å². The molecule has 0 aliphatic heterocycles. The summed E-state index contributed by atoms with van der Waals surface area (Å²) in [7, 11) is -4.15. The first-order valence-corrected chi connectivity index (χ1v) is 8.56. The number of non-ortho nitro benzene ring substituents is 1. The zero-order valence-corrected chi connectivity index (χ0v) is 14.5. The topological polar surface area (TPSA) is 107 Å². The molecule has 2 rings (SSSR count). The van der Waals surface area contributed by atoms with Crippen molar-refractivity contribution in [2.45, 2.75) is 18.7 Å². The highest BCUT2D eigenvalue weighted by molar-refractivity contribution is 9.12. The molecule has 0 N–H and O–H groups in total. The maximum atomic E-state index is 12.4. The van der Waals surface area contributed by atoms with Crippen molar-refractivity contribution in [2.24, 2.45) is 4.40 Å². The van der Waals surface area contributed by atoms with Crippen LogP contribution in [0.25, 0.3) is 0 Å². The van der Waals surface area contributed by atoms with E-state index in [-0.39, 0.29) is 26.6 Å². The van der Waals surface area contributed by atoms with Crippen LogP contribution in [0, 0.1) is 10.1 Å². The van der Waals surface area contributed by atoms with Gasteiger partial charge in [-0.15, -0.1) is 0 Å². The predicted octanol–water partition coefficient (Wildman–Crippen LogP) is 2.92. The number of rotatable bonds is 3. The molecule has 0 heterocycles. The largest absolute Gasteiger partial charge is 0.289 e. The van der Waals surface area contributed by atoms with Gasteiger partial charge in [0.2, 0.25) is 0 Å². The predicted molar refractivity (Wildman–Crippen MR) is 88.1 cm³/mol. The second-order valence-electron chi connectivity index (χ2n) is 4.80. The summed E-state index contributed by atoms with van der Waals surface area (Å²) in [5, 5.41) is 10.8. The lowest BCUT2D eigenvalue weighted by atomic mass is 9.98. The van der Waals surface area contributed by atoms with Gasteiger partial charge in [0, 0.05) is 12.1 Å². The Morgan fingerprint density at radius 1 is 1.26 bits per heavy atom. The van der Waals surface area contributed by atoms with Crippen molar-refractivity contribution in [3.05, 3.63) is 56.1 Å². The van der Waals surface area contributed by atoms with Crippen molar-refractivity contribution in [3.63, 3.8) is 0 Å². The van der Waals surface area contributed by atoms with Crippen LogP contribution in [0.3, 0.4) is 0 Å².